The third kappa shape index (κ3) is 4.04. The highest BCUT2D eigenvalue weighted by molar-refractivity contribution is 5.87. The number of hydrogen-bond acceptors (Lipinski definition) is 3. The topological polar surface area (TPSA) is 78.4 Å². The van der Waals surface area contributed by atoms with Gasteiger partial charge in [0.2, 0.25) is 5.91 Å². The maximum absolute atomic E-state index is 11.9. The Morgan fingerprint density at radius 3 is 2.89 bits per heavy atom. The molecule has 0 spiro atoms. The molecule has 3 N–H and O–H groups in total. The van der Waals surface area contributed by atoms with Crippen LogP contribution in [0.4, 0.5) is 0 Å². The predicted octanol–water partition coefficient (Wildman–Crippen LogP) is 0.357. The number of piperidine rings is 1. The highest BCUT2D eigenvalue weighted by Gasteiger charge is 2.28. The molecule has 0 saturated carbocycles. The van der Waals surface area contributed by atoms with Gasteiger partial charge < -0.3 is 15.7 Å². The van der Waals surface area contributed by atoms with E-state index in [1.54, 1.807) is 0 Å². The van der Waals surface area contributed by atoms with Crippen LogP contribution in [0, 0.1) is 18.3 Å². The maximum Gasteiger partial charge on any atom is 0.327 e. The lowest BCUT2D eigenvalue weighted by Crippen LogP contribution is -2.52. The van der Waals surface area contributed by atoms with E-state index in [1.165, 1.54) is 0 Å². The van der Waals surface area contributed by atoms with Crippen LogP contribution < -0.4 is 10.6 Å². The highest BCUT2D eigenvalue weighted by Crippen LogP contribution is 2.19. The minimum atomic E-state index is -1.09. The molecule has 0 aromatic heterocycles. The maximum atomic E-state index is 11.9. The normalized spacial score (nSPS) is 24.9. The molecule has 1 amide bonds. The largest absolute Gasteiger partial charge is 0.480 e. The van der Waals surface area contributed by atoms with Crippen molar-refractivity contribution < 1.29 is 14.7 Å². The van der Waals surface area contributed by atoms with Gasteiger partial charge in [-0.05, 0) is 25.3 Å². The molecule has 0 aromatic carbocycles. The third-order valence-corrected chi connectivity index (χ3v) is 3.34. The third-order valence-electron chi connectivity index (χ3n) is 3.34. The molecule has 1 rings (SSSR count). The van der Waals surface area contributed by atoms with Crippen molar-refractivity contribution in [2.45, 2.75) is 44.7 Å². The van der Waals surface area contributed by atoms with E-state index in [0.29, 0.717) is 5.92 Å². The smallest absolute Gasteiger partial charge is 0.327 e. The fourth-order valence-corrected chi connectivity index (χ4v) is 2.16. The minimum Gasteiger partial charge on any atom is -0.480 e. The Kier molecular flexibility index (Phi) is 5.66. The van der Waals surface area contributed by atoms with Crippen LogP contribution in [0.5, 0.6) is 0 Å². The Balaban J connectivity index is 2.53. The number of nitrogens with one attached hydrogen (secondary N) is 2. The van der Waals surface area contributed by atoms with E-state index in [2.05, 4.69) is 23.5 Å². The van der Waals surface area contributed by atoms with Crippen LogP contribution in [0.2, 0.25) is 0 Å². The van der Waals surface area contributed by atoms with E-state index in [1.807, 2.05) is 0 Å². The molecule has 0 bridgehead atoms. The lowest BCUT2D eigenvalue weighted by Gasteiger charge is -2.29. The molecule has 5 nitrogen and oxygen atoms in total. The molecule has 100 valence electrons. The fourth-order valence-electron chi connectivity index (χ4n) is 2.16. The molecule has 1 fully saturated rings. The van der Waals surface area contributed by atoms with Crippen LogP contribution >= 0.6 is 0 Å². The summed E-state index contributed by atoms with van der Waals surface area (Å²) in [6.45, 7) is 2.90. The summed E-state index contributed by atoms with van der Waals surface area (Å²) in [7, 11) is 0. The molecule has 1 aliphatic heterocycles. The summed E-state index contributed by atoms with van der Waals surface area (Å²) >= 11 is 0. The number of terminal acetylenes is 1. The molecular weight excluding hydrogens is 232 g/mol. The Hall–Kier alpha value is -1.54. The lowest BCUT2D eigenvalue weighted by atomic mass is 9.90. The van der Waals surface area contributed by atoms with Gasteiger partial charge in [-0.15, -0.1) is 12.3 Å². The standard InChI is InChI=1S/C13H20N2O3/c1-3-5-10(13(17)18)15-12(16)11-8-9(4-2)6-7-14-11/h1,9-11,14H,4-8H2,2H3,(H,15,16)(H,17,18). The van der Waals surface area contributed by atoms with E-state index < -0.39 is 12.0 Å². The van der Waals surface area contributed by atoms with E-state index >= 15 is 0 Å². The second-order valence-electron chi connectivity index (χ2n) is 4.61. The molecule has 1 saturated heterocycles. The summed E-state index contributed by atoms with van der Waals surface area (Å²) in [5.41, 5.74) is 0. The number of amides is 1. The van der Waals surface area contributed by atoms with Crippen molar-refractivity contribution in [2.24, 2.45) is 5.92 Å². The van der Waals surface area contributed by atoms with Gasteiger partial charge >= 0.3 is 5.97 Å². The number of carboxylic acid groups (broad SMARTS) is 1. The van der Waals surface area contributed by atoms with Crippen LogP contribution in [-0.2, 0) is 9.59 Å². The van der Waals surface area contributed by atoms with Gasteiger partial charge in [-0.2, -0.15) is 0 Å². The van der Waals surface area contributed by atoms with Gasteiger partial charge in [-0.1, -0.05) is 13.3 Å². The Bertz CT molecular complexity index is 349. The number of carbonyl (C=O) groups is 2. The van der Waals surface area contributed by atoms with Crippen molar-refractivity contribution in [3.63, 3.8) is 0 Å². The van der Waals surface area contributed by atoms with Crippen molar-refractivity contribution in [2.75, 3.05) is 6.54 Å². The molecule has 1 heterocycles. The lowest BCUT2D eigenvalue weighted by molar-refractivity contribution is -0.142. The van der Waals surface area contributed by atoms with Crippen molar-refractivity contribution in [1.29, 1.82) is 0 Å². The van der Waals surface area contributed by atoms with Gasteiger partial charge in [0.05, 0.1) is 6.04 Å². The van der Waals surface area contributed by atoms with Crippen LogP contribution in [0.3, 0.4) is 0 Å². The molecular formula is C13H20N2O3. The number of hydrogen-bond donors (Lipinski definition) is 3. The first-order chi connectivity index (χ1) is 8.58. The van der Waals surface area contributed by atoms with Gasteiger partial charge in [-0.3, -0.25) is 4.79 Å². The SMILES string of the molecule is C#CCC(NC(=O)C1CC(CC)CCN1)C(=O)O. The molecule has 5 heteroatoms. The van der Waals surface area contributed by atoms with E-state index in [-0.39, 0.29) is 18.4 Å². The van der Waals surface area contributed by atoms with Gasteiger partial charge in [0.25, 0.3) is 0 Å². The zero-order valence-corrected chi connectivity index (χ0v) is 10.6. The van der Waals surface area contributed by atoms with Crippen LogP contribution in [0.15, 0.2) is 0 Å². The first kappa shape index (κ1) is 14.5. The average Bonchev–Trinajstić information content (AvgIpc) is 2.38. The molecule has 0 aliphatic carbocycles. The fraction of sp³-hybridized carbons (Fsp3) is 0.692. The van der Waals surface area contributed by atoms with Gasteiger partial charge in [0.15, 0.2) is 0 Å². The van der Waals surface area contributed by atoms with Crippen molar-refractivity contribution >= 4 is 11.9 Å². The zero-order valence-electron chi connectivity index (χ0n) is 10.6. The monoisotopic (exact) mass is 252 g/mol. The van der Waals surface area contributed by atoms with E-state index in [9.17, 15) is 9.59 Å². The predicted molar refractivity (Wildman–Crippen MR) is 67.8 cm³/mol. The summed E-state index contributed by atoms with van der Waals surface area (Å²) < 4.78 is 0. The molecule has 3 atom stereocenters. The Morgan fingerprint density at radius 2 is 2.33 bits per heavy atom. The van der Waals surface area contributed by atoms with Crippen LogP contribution in [0.25, 0.3) is 0 Å². The van der Waals surface area contributed by atoms with Crippen molar-refractivity contribution in [3.05, 3.63) is 0 Å². The summed E-state index contributed by atoms with van der Waals surface area (Å²) in [4.78, 5) is 22.8. The number of rotatable bonds is 5. The molecule has 1 aliphatic rings. The Morgan fingerprint density at radius 1 is 1.61 bits per heavy atom. The van der Waals surface area contributed by atoms with Gasteiger partial charge in [0, 0.05) is 6.42 Å². The molecule has 18 heavy (non-hydrogen) atoms. The second-order valence-corrected chi connectivity index (χ2v) is 4.61. The first-order valence-corrected chi connectivity index (χ1v) is 6.28. The second kappa shape index (κ2) is 7.02. The first-order valence-electron chi connectivity index (χ1n) is 6.28. The summed E-state index contributed by atoms with van der Waals surface area (Å²) in [5.74, 6) is 1.43. The van der Waals surface area contributed by atoms with Crippen LogP contribution in [-0.4, -0.2) is 35.6 Å². The number of carboxylic acids is 1. The summed E-state index contributed by atoms with van der Waals surface area (Å²) in [5, 5.41) is 14.5. The van der Waals surface area contributed by atoms with E-state index in [4.69, 9.17) is 11.5 Å². The molecule has 0 aromatic rings. The van der Waals surface area contributed by atoms with E-state index in [0.717, 1.165) is 25.8 Å². The van der Waals surface area contributed by atoms with Gasteiger partial charge in [-0.25, -0.2) is 4.79 Å². The van der Waals surface area contributed by atoms with Gasteiger partial charge in [0.1, 0.15) is 6.04 Å². The minimum absolute atomic E-state index is 0.00496. The molecule has 3 unspecified atom stereocenters. The van der Waals surface area contributed by atoms with Crippen LogP contribution in [0.1, 0.15) is 32.6 Å². The van der Waals surface area contributed by atoms with Crippen molar-refractivity contribution in [3.8, 4) is 12.3 Å². The van der Waals surface area contributed by atoms with Crippen molar-refractivity contribution in [1.82, 2.24) is 10.6 Å². The average molecular weight is 252 g/mol. The summed E-state index contributed by atoms with van der Waals surface area (Å²) in [6.07, 6.45) is 7.95. The number of carbonyl (C=O) groups excluding carboxylic acids is 1. The zero-order chi connectivity index (χ0) is 13.5. The number of aliphatic carboxylic acids is 1. The Labute approximate surface area is 107 Å². The quantitative estimate of drug-likeness (QED) is 0.617. The highest BCUT2D eigenvalue weighted by atomic mass is 16.4. The molecule has 0 radical (unpaired) electrons. The summed E-state index contributed by atoms with van der Waals surface area (Å²) in [6, 6.07) is -1.30.